The van der Waals surface area contributed by atoms with Crippen molar-refractivity contribution in [2.45, 2.75) is 12.7 Å². The molecule has 2 aromatic rings. The average Bonchev–Trinajstić information content (AvgIpc) is 2.34. The summed E-state index contributed by atoms with van der Waals surface area (Å²) in [5.41, 5.74) is 1.06. The van der Waals surface area contributed by atoms with E-state index < -0.39 is 12.1 Å². The lowest BCUT2D eigenvalue weighted by molar-refractivity contribution is -0.173. The number of rotatable bonds is 2. The Morgan fingerprint density at radius 3 is 2.61 bits per heavy atom. The first-order valence-electron chi connectivity index (χ1n) is 5.16. The highest BCUT2D eigenvalue weighted by Crippen LogP contribution is 2.15. The van der Waals surface area contributed by atoms with Crippen molar-refractivity contribution >= 4 is 16.8 Å². The van der Waals surface area contributed by atoms with Crippen LogP contribution in [0.2, 0.25) is 0 Å². The fourth-order valence-electron chi connectivity index (χ4n) is 1.48. The largest absolute Gasteiger partial charge is 0.471 e. The van der Waals surface area contributed by atoms with Gasteiger partial charge in [-0.25, -0.2) is 0 Å². The molecule has 1 aromatic carbocycles. The van der Waals surface area contributed by atoms with E-state index in [9.17, 15) is 18.0 Å². The Morgan fingerprint density at radius 1 is 1.17 bits per heavy atom. The van der Waals surface area contributed by atoms with Gasteiger partial charge in [0, 0.05) is 5.39 Å². The minimum absolute atomic E-state index is 0.247. The Balaban J connectivity index is 2.11. The number of pyridine rings is 1. The molecule has 0 aliphatic heterocycles. The standard InChI is InChI=1S/C12H9F3N2O/c13-12(14,15)11(18)16-7-9-6-5-8-3-1-2-4-10(8)17-9/h1-6H,7H2,(H,16,18). The molecule has 0 bridgehead atoms. The third-order valence-electron chi connectivity index (χ3n) is 2.34. The molecule has 0 saturated heterocycles. The molecule has 0 fully saturated rings. The van der Waals surface area contributed by atoms with Gasteiger partial charge in [-0.1, -0.05) is 24.3 Å². The molecule has 0 spiro atoms. The number of benzene rings is 1. The molecule has 0 aliphatic carbocycles. The molecule has 0 atom stereocenters. The summed E-state index contributed by atoms with van der Waals surface area (Å²) in [7, 11) is 0. The second kappa shape index (κ2) is 4.64. The monoisotopic (exact) mass is 254 g/mol. The van der Waals surface area contributed by atoms with Crippen molar-refractivity contribution in [3.05, 3.63) is 42.1 Å². The SMILES string of the molecule is O=C(NCc1ccc2ccccc2n1)C(F)(F)F. The quantitative estimate of drug-likeness (QED) is 0.894. The van der Waals surface area contributed by atoms with Crippen LogP contribution in [0.4, 0.5) is 13.2 Å². The van der Waals surface area contributed by atoms with E-state index in [0.29, 0.717) is 11.2 Å². The third kappa shape index (κ3) is 2.77. The van der Waals surface area contributed by atoms with Crippen LogP contribution in [0, 0.1) is 0 Å². The van der Waals surface area contributed by atoms with Gasteiger partial charge < -0.3 is 5.32 Å². The van der Waals surface area contributed by atoms with Gasteiger partial charge in [0.2, 0.25) is 0 Å². The lowest BCUT2D eigenvalue weighted by Crippen LogP contribution is -2.36. The van der Waals surface area contributed by atoms with Gasteiger partial charge in [0.15, 0.2) is 0 Å². The lowest BCUT2D eigenvalue weighted by Gasteiger charge is -2.07. The number of carbonyl (C=O) groups is 1. The molecular weight excluding hydrogens is 245 g/mol. The maximum Gasteiger partial charge on any atom is 0.471 e. The number of halogens is 3. The van der Waals surface area contributed by atoms with Gasteiger partial charge in [0.25, 0.3) is 0 Å². The van der Waals surface area contributed by atoms with E-state index in [1.165, 1.54) is 0 Å². The van der Waals surface area contributed by atoms with E-state index in [1.807, 2.05) is 12.1 Å². The highest BCUT2D eigenvalue weighted by molar-refractivity contribution is 5.82. The van der Waals surface area contributed by atoms with Crippen LogP contribution in [0.15, 0.2) is 36.4 Å². The minimum atomic E-state index is -4.86. The van der Waals surface area contributed by atoms with Gasteiger partial charge >= 0.3 is 12.1 Å². The Hall–Kier alpha value is -2.11. The molecule has 6 heteroatoms. The van der Waals surface area contributed by atoms with E-state index in [0.717, 1.165) is 5.39 Å². The molecule has 0 radical (unpaired) electrons. The second-order valence-corrected chi connectivity index (χ2v) is 3.68. The Bertz CT molecular complexity index is 581. The van der Waals surface area contributed by atoms with Gasteiger partial charge in [-0.15, -0.1) is 0 Å². The Morgan fingerprint density at radius 2 is 1.89 bits per heavy atom. The van der Waals surface area contributed by atoms with Gasteiger partial charge in [0.05, 0.1) is 17.8 Å². The first-order chi connectivity index (χ1) is 8.47. The molecule has 0 unspecified atom stereocenters. The number of nitrogens with zero attached hydrogens (tertiary/aromatic N) is 1. The van der Waals surface area contributed by atoms with Crippen molar-refractivity contribution in [1.29, 1.82) is 0 Å². The van der Waals surface area contributed by atoms with Crippen molar-refractivity contribution in [3.8, 4) is 0 Å². The number of alkyl halides is 3. The molecule has 94 valence electrons. The summed E-state index contributed by atoms with van der Waals surface area (Å²) < 4.78 is 35.9. The number of hydrogen-bond donors (Lipinski definition) is 1. The van der Waals surface area contributed by atoms with Gasteiger partial charge in [0.1, 0.15) is 0 Å². The fourth-order valence-corrected chi connectivity index (χ4v) is 1.48. The number of nitrogens with one attached hydrogen (secondary N) is 1. The molecule has 0 aliphatic rings. The van der Waals surface area contributed by atoms with E-state index in [-0.39, 0.29) is 6.54 Å². The Labute approximate surface area is 101 Å². The zero-order valence-electron chi connectivity index (χ0n) is 9.16. The highest BCUT2D eigenvalue weighted by atomic mass is 19.4. The van der Waals surface area contributed by atoms with Gasteiger partial charge in [-0.05, 0) is 12.1 Å². The fraction of sp³-hybridized carbons (Fsp3) is 0.167. The highest BCUT2D eigenvalue weighted by Gasteiger charge is 2.38. The summed E-state index contributed by atoms with van der Waals surface area (Å²) in [5.74, 6) is -1.96. The summed E-state index contributed by atoms with van der Waals surface area (Å²) in [6, 6.07) is 10.6. The average molecular weight is 254 g/mol. The van der Waals surface area contributed by atoms with E-state index >= 15 is 0 Å². The summed E-state index contributed by atoms with van der Waals surface area (Å²) in [5, 5.41) is 2.67. The van der Waals surface area contributed by atoms with Gasteiger partial charge in [-0.3, -0.25) is 9.78 Å². The maximum atomic E-state index is 12.0. The first-order valence-corrected chi connectivity index (χ1v) is 5.16. The third-order valence-corrected chi connectivity index (χ3v) is 2.34. The van der Waals surface area contributed by atoms with Crippen LogP contribution in [0.3, 0.4) is 0 Å². The smallest absolute Gasteiger partial charge is 0.343 e. The summed E-state index contributed by atoms with van der Waals surface area (Å²) in [6.45, 7) is -0.247. The predicted octanol–water partition coefficient (Wildman–Crippen LogP) is 2.41. The maximum absolute atomic E-state index is 12.0. The Kier molecular flexibility index (Phi) is 3.18. The van der Waals surface area contributed by atoms with Crippen LogP contribution < -0.4 is 5.32 Å². The number of amides is 1. The topological polar surface area (TPSA) is 42.0 Å². The van der Waals surface area contributed by atoms with Crippen LogP contribution in [0.5, 0.6) is 0 Å². The van der Waals surface area contributed by atoms with E-state index in [4.69, 9.17) is 0 Å². The second-order valence-electron chi connectivity index (χ2n) is 3.68. The van der Waals surface area contributed by atoms with E-state index in [1.54, 1.807) is 29.6 Å². The van der Waals surface area contributed by atoms with E-state index in [2.05, 4.69) is 4.98 Å². The molecule has 3 nitrogen and oxygen atoms in total. The van der Waals surface area contributed by atoms with Crippen LogP contribution in [0.25, 0.3) is 10.9 Å². The summed E-state index contributed by atoms with van der Waals surface area (Å²) >= 11 is 0. The number of hydrogen-bond acceptors (Lipinski definition) is 2. The van der Waals surface area contributed by atoms with Crippen molar-refractivity contribution in [3.63, 3.8) is 0 Å². The first kappa shape index (κ1) is 12.3. The molecule has 0 saturated carbocycles. The molecule has 18 heavy (non-hydrogen) atoms. The molecule has 1 heterocycles. The number of fused-ring (bicyclic) bond motifs is 1. The zero-order valence-corrected chi connectivity index (χ0v) is 9.16. The van der Waals surface area contributed by atoms with Crippen molar-refractivity contribution in [1.82, 2.24) is 10.3 Å². The normalized spacial score (nSPS) is 11.5. The number of aromatic nitrogens is 1. The predicted molar refractivity (Wildman–Crippen MR) is 59.6 cm³/mol. The van der Waals surface area contributed by atoms with Crippen molar-refractivity contribution in [2.24, 2.45) is 0 Å². The number of carbonyl (C=O) groups excluding carboxylic acids is 1. The van der Waals surface area contributed by atoms with Crippen LogP contribution in [-0.4, -0.2) is 17.1 Å². The summed E-state index contributed by atoms with van der Waals surface area (Å²) in [4.78, 5) is 14.8. The van der Waals surface area contributed by atoms with Crippen molar-refractivity contribution < 1.29 is 18.0 Å². The summed E-state index contributed by atoms with van der Waals surface area (Å²) in [6.07, 6.45) is -4.86. The molecular formula is C12H9F3N2O. The molecule has 1 aromatic heterocycles. The molecule has 1 amide bonds. The van der Waals surface area contributed by atoms with Crippen LogP contribution in [-0.2, 0) is 11.3 Å². The van der Waals surface area contributed by atoms with Crippen LogP contribution in [0.1, 0.15) is 5.69 Å². The molecule has 1 N–H and O–H groups in total. The van der Waals surface area contributed by atoms with Crippen LogP contribution >= 0.6 is 0 Å². The van der Waals surface area contributed by atoms with Crippen molar-refractivity contribution in [2.75, 3.05) is 0 Å². The van der Waals surface area contributed by atoms with Gasteiger partial charge in [-0.2, -0.15) is 13.2 Å². The minimum Gasteiger partial charge on any atom is -0.343 e. The number of para-hydroxylation sites is 1. The molecule has 2 rings (SSSR count). The lowest BCUT2D eigenvalue weighted by atomic mass is 10.2. The zero-order chi connectivity index (χ0) is 13.2.